The molecule has 0 unspecified atom stereocenters. The minimum absolute atomic E-state index is 0.108. The maximum Gasteiger partial charge on any atom is 0.264 e. The van der Waals surface area contributed by atoms with E-state index in [0.717, 1.165) is 18.8 Å². The summed E-state index contributed by atoms with van der Waals surface area (Å²) in [7, 11) is 1.65. The van der Waals surface area contributed by atoms with Gasteiger partial charge in [0.15, 0.2) is 0 Å². The summed E-state index contributed by atoms with van der Waals surface area (Å²) < 4.78 is 30.2. The third kappa shape index (κ3) is 5.55. The summed E-state index contributed by atoms with van der Waals surface area (Å²) in [6.07, 6.45) is -2.40. The molecular formula is C15H25F2NO. The Bertz CT molecular complexity index is 356. The molecule has 1 aromatic rings. The number of hydrogen-bond acceptors (Lipinski definition) is 2. The molecule has 0 aromatic heterocycles. The molecule has 1 rings (SSSR count). The van der Waals surface area contributed by atoms with Gasteiger partial charge in [0.1, 0.15) is 0 Å². The Hall–Kier alpha value is -1.16. The van der Waals surface area contributed by atoms with Crippen LogP contribution in [0.1, 0.15) is 38.3 Å². The van der Waals surface area contributed by atoms with Gasteiger partial charge in [-0.3, -0.25) is 0 Å². The molecule has 0 aliphatic rings. The van der Waals surface area contributed by atoms with Crippen LogP contribution in [0.25, 0.3) is 0 Å². The zero-order valence-corrected chi connectivity index (χ0v) is 12.5. The number of halogens is 2. The molecule has 0 spiro atoms. The Labute approximate surface area is 115 Å². The summed E-state index contributed by atoms with van der Waals surface area (Å²) in [5, 5.41) is 0. The molecule has 0 aliphatic carbocycles. The molecule has 1 aromatic carbocycles. The summed E-state index contributed by atoms with van der Waals surface area (Å²) in [4.78, 5) is 2.10. The van der Waals surface area contributed by atoms with E-state index >= 15 is 0 Å². The summed E-state index contributed by atoms with van der Waals surface area (Å²) in [6.45, 7) is 9.97. The maximum absolute atomic E-state index is 12.6. The lowest BCUT2D eigenvalue weighted by Crippen LogP contribution is -2.26. The Morgan fingerprint density at radius 1 is 1.26 bits per heavy atom. The van der Waals surface area contributed by atoms with Crippen molar-refractivity contribution in [2.75, 3.05) is 31.7 Å². The number of likely N-dealkylation sites (N-methyl/N-ethyl adjacent to an activating group) is 1. The van der Waals surface area contributed by atoms with Crippen molar-refractivity contribution in [1.82, 2.24) is 0 Å². The van der Waals surface area contributed by atoms with Crippen LogP contribution in [0.5, 0.6) is 0 Å². The highest BCUT2D eigenvalue weighted by atomic mass is 19.3. The second-order valence-electron chi connectivity index (χ2n) is 3.91. The molecule has 2 nitrogen and oxygen atoms in total. The molecule has 0 aliphatic heterocycles. The lowest BCUT2D eigenvalue weighted by atomic mass is 10.1. The molecule has 0 radical (unpaired) electrons. The van der Waals surface area contributed by atoms with Gasteiger partial charge in [0.2, 0.25) is 0 Å². The Morgan fingerprint density at radius 3 is 2.32 bits per heavy atom. The van der Waals surface area contributed by atoms with Gasteiger partial charge in [-0.2, -0.15) is 0 Å². The fourth-order valence-electron chi connectivity index (χ4n) is 1.77. The standard InChI is InChI=1S/C13H19F2NO.C2H6/c1-4-16(7-8-17-3)11-5-6-12(13(14)15)10(2)9-11;1-2/h5-6,9,13H,4,7-8H2,1-3H3;1-2H3. The van der Waals surface area contributed by atoms with E-state index in [0.29, 0.717) is 12.2 Å². The van der Waals surface area contributed by atoms with E-state index in [9.17, 15) is 8.78 Å². The first kappa shape index (κ1) is 17.8. The molecule has 19 heavy (non-hydrogen) atoms. The summed E-state index contributed by atoms with van der Waals surface area (Å²) in [5.41, 5.74) is 1.70. The Balaban J connectivity index is 0.00000154. The number of alkyl halides is 2. The quantitative estimate of drug-likeness (QED) is 0.760. The number of nitrogens with zero attached hydrogens (tertiary/aromatic N) is 1. The van der Waals surface area contributed by atoms with Gasteiger partial charge >= 0.3 is 0 Å². The van der Waals surface area contributed by atoms with Crippen LogP contribution in [0, 0.1) is 6.92 Å². The van der Waals surface area contributed by atoms with Gasteiger partial charge < -0.3 is 9.64 Å². The molecule has 0 saturated carbocycles. The van der Waals surface area contributed by atoms with Crippen LogP contribution in [0.3, 0.4) is 0 Å². The number of hydrogen-bond donors (Lipinski definition) is 0. The second kappa shape index (κ2) is 9.73. The molecule has 110 valence electrons. The van der Waals surface area contributed by atoms with E-state index in [1.54, 1.807) is 26.2 Å². The zero-order chi connectivity index (χ0) is 14.8. The maximum atomic E-state index is 12.6. The van der Waals surface area contributed by atoms with Crippen molar-refractivity contribution in [3.05, 3.63) is 29.3 Å². The van der Waals surface area contributed by atoms with Crippen LogP contribution in [-0.4, -0.2) is 26.8 Å². The fourth-order valence-corrected chi connectivity index (χ4v) is 1.77. The van der Waals surface area contributed by atoms with Gasteiger partial charge in [-0.15, -0.1) is 0 Å². The van der Waals surface area contributed by atoms with E-state index < -0.39 is 6.43 Å². The molecule has 0 heterocycles. The number of benzene rings is 1. The van der Waals surface area contributed by atoms with Crippen LogP contribution in [0.2, 0.25) is 0 Å². The molecule has 0 bridgehead atoms. The smallest absolute Gasteiger partial charge is 0.264 e. The van der Waals surface area contributed by atoms with Crippen molar-refractivity contribution < 1.29 is 13.5 Å². The van der Waals surface area contributed by atoms with Crippen molar-refractivity contribution in [3.8, 4) is 0 Å². The van der Waals surface area contributed by atoms with Crippen LogP contribution in [0.15, 0.2) is 18.2 Å². The summed E-state index contributed by atoms with van der Waals surface area (Å²) in [5.74, 6) is 0. The van der Waals surface area contributed by atoms with E-state index in [1.165, 1.54) is 6.07 Å². The minimum Gasteiger partial charge on any atom is -0.383 e. The summed E-state index contributed by atoms with van der Waals surface area (Å²) >= 11 is 0. The third-order valence-electron chi connectivity index (χ3n) is 2.80. The lowest BCUT2D eigenvalue weighted by Gasteiger charge is -2.23. The number of aryl methyl sites for hydroxylation is 1. The molecule has 0 atom stereocenters. The molecule has 0 saturated heterocycles. The Morgan fingerprint density at radius 2 is 1.89 bits per heavy atom. The third-order valence-corrected chi connectivity index (χ3v) is 2.80. The number of anilines is 1. The van der Waals surface area contributed by atoms with Crippen molar-refractivity contribution >= 4 is 5.69 Å². The van der Waals surface area contributed by atoms with Gasteiger partial charge in [-0.1, -0.05) is 19.9 Å². The monoisotopic (exact) mass is 273 g/mol. The molecule has 0 amide bonds. The lowest BCUT2D eigenvalue weighted by molar-refractivity contribution is 0.150. The molecule has 4 heteroatoms. The normalized spacial score (nSPS) is 10.1. The van der Waals surface area contributed by atoms with Gasteiger partial charge in [-0.25, -0.2) is 8.78 Å². The minimum atomic E-state index is -2.40. The molecule has 0 N–H and O–H groups in total. The van der Waals surface area contributed by atoms with E-state index in [2.05, 4.69) is 4.90 Å². The van der Waals surface area contributed by atoms with Crippen molar-refractivity contribution in [2.45, 2.75) is 34.1 Å². The zero-order valence-electron chi connectivity index (χ0n) is 12.5. The first-order valence-electron chi connectivity index (χ1n) is 6.72. The molecular weight excluding hydrogens is 248 g/mol. The van der Waals surface area contributed by atoms with Crippen LogP contribution in [-0.2, 0) is 4.74 Å². The molecule has 0 fully saturated rings. The van der Waals surface area contributed by atoms with Crippen LogP contribution >= 0.6 is 0 Å². The average Bonchev–Trinajstić information content (AvgIpc) is 2.41. The highest BCUT2D eigenvalue weighted by Crippen LogP contribution is 2.26. The summed E-state index contributed by atoms with van der Waals surface area (Å²) in [6, 6.07) is 5.05. The van der Waals surface area contributed by atoms with Gasteiger partial charge in [-0.05, 0) is 31.5 Å². The highest BCUT2D eigenvalue weighted by Gasteiger charge is 2.12. The SMILES string of the molecule is CC.CCN(CCOC)c1ccc(C(F)F)c(C)c1. The Kier molecular flexibility index (Phi) is 9.13. The largest absolute Gasteiger partial charge is 0.383 e. The van der Waals surface area contributed by atoms with Crippen LogP contribution < -0.4 is 4.90 Å². The van der Waals surface area contributed by atoms with Gasteiger partial charge in [0.05, 0.1) is 6.61 Å². The van der Waals surface area contributed by atoms with Crippen molar-refractivity contribution in [2.24, 2.45) is 0 Å². The topological polar surface area (TPSA) is 12.5 Å². The van der Waals surface area contributed by atoms with E-state index in [4.69, 9.17) is 4.74 Å². The second-order valence-corrected chi connectivity index (χ2v) is 3.91. The first-order valence-corrected chi connectivity index (χ1v) is 6.72. The predicted octanol–water partition coefficient (Wildman–Crippen LogP) is 4.43. The highest BCUT2D eigenvalue weighted by molar-refractivity contribution is 5.51. The van der Waals surface area contributed by atoms with Crippen molar-refractivity contribution in [1.29, 1.82) is 0 Å². The number of methoxy groups -OCH3 is 1. The van der Waals surface area contributed by atoms with E-state index in [1.807, 2.05) is 20.8 Å². The van der Waals surface area contributed by atoms with E-state index in [-0.39, 0.29) is 5.56 Å². The van der Waals surface area contributed by atoms with Crippen molar-refractivity contribution in [3.63, 3.8) is 0 Å². The number of rotatable bonds is 6. The average molecular weight is 273 g/mol. The fraction of sp³-hybridized carbons (Fsp3) is 0.600. The number of ether oxygens (including phenoxy) is 1. The first-order chi connectivity index (χ1) is 9.10. The van der Waals surface area contributed by atoms with Gasteiger partial charge in [0.25, 0.3) is 6.43 Å². The van der Waals surface area contributed by atoms with Crippen LogP contribution in [0.4, 0.5) is 14.5 Å². The van der Waals surface area contributed by atoms with Gasteiger partial charge in [0, 0.05) is 31.5 Å². The predicted molar refractivity (Wildman–Crippen MR) is 77.2 cm³/mol.